The van der Waals surface area contributed by atoms with Crippen LogP contribution in [0.4, 0.5) is 0 Å². The maximum Gasteiger partial charge on any atom is 0.311 e. The van der Waals surface area contributed by atoms with Gasteiger partial charge in [0.25, 0.3) is 0 Å². The number of esters is 1. The third-order valence-corrected chi connectivity index (χ3v) is 3.84. The van der Waals surface area contributed by atoms with Crippen molar-refractivity contribution < 1.29 is 9.53 Å². The van der Waals surface area contributed by atoms with E-state index in [9.17, 15) is 4.79 Å². The Kier molecular flexibility index (Phi) is 3.65. The molecule has 0 aliphatic rings. The van der Waals surface area contributed by atoms with Crippen LogP contribution in [0, 0.1) is 5.41 Å². The Morgan fingerprint density at radius 1 is 0.955 bits per heavy atom. The van der Waals surface area contributed by atoms with Crippen LogP contribution in [0.1, 0.15) is 20.8 Å². The molecule has 0 fully saturated rings. The molecular formula is C19H21NO2. The topological polar surface area (TPSA) is 31.2 Å². The van der Waals surface area contributed by atoms with E-state index in [0.29, 0.717) is 13.2 Å². The lowest BCUT2D eigenvalue weighted by molar-refractivity contribution is -0.153. The summed E-state index contributed by atoms with van der Waals surface area (Å²) in [7, 11) is 0. The number of rotatable bonds is 3. The van der Waals surface area contributed by atoms with Crippen LogP contribution in [-0.4, -0.2) is 17.1 Å². The number of para-hydroxylation sites is 2. The zero-order valence-corrected chi connectivity index (χ0v) is 13.3. The van der Waals surface area contributed by atoms with Gasteiger partial charge in [0.1, 0.15) is 6.61 Å². The van der Waals surface area contributed by atoms with Crippen LogP contribution in [0.15, 0.2) is 48.5 Å². The van der Waals surface area contributed by atoms with Gasteiger partial charge >= 0.3 is 5.97 Å². The van der Waals surface area contributed by atoms with Gasteiger partial charge < -0.3 is 9.30 Å². The first-order chi connectivity index (χ1) is 10.5. The first-order valence-electron chi connectivity index (χ1n) is 7.62. The van der Waals surface area contributed by atoms with Gasteiger partial charge in [0.2, 0.25) is 0 Å². The Bertz CT molecular complexity index is 771. The fourth-order valence-electron chi connectivity index (χ4n) is 2.69. The lowest BCUT2D eigenvalue weighted by atomic mass is 9.97. The molecule has 3 heteroatoms. The molecule has 22 heavy (non-hydrogen) atoms. The summed E-state index contributed by atoms with van der Waals surface area (Å²) in [5.74, 6) is -0.159. The zero-order chi connectivity index (χ0) is 15.7. The number of hydrogen-bond donors (Lipinski definition) is 0. The fraction of sp³-hybridized carbons (Fsp3) is 0.316. The minimum atomic E-state index is -0.458. The van der Waals surface area contributed by atoms with Crippen molar-refractivity contribution in [2.45, 2.75) is 27.3 Å². The van der Waals surface area contributed by atoms with E-state index in [1.807, 2.05) is 32.9 Å². The molecule has 0 spiro atoms. The highest BCUT2D eigenvalue weighted by Gasteiger charge is 2.22. The predicted octanol–water partition coefficient (Wildman–Crippen LogP) is 4.38. The highest BCUT2D eigenvalue weighted by Crippen LogP contribution is 2.28. The van der Waals surface area contributed by atoms with E-state index in [0.717, 1.165) is 0 Å². The second-order valence-corrected chi connectivity index (χ2v) is 6.57. The summed E-state index contributed by atoms with van der Waals surface area (Å²) >= 11 is 0. The predicted molar refractivity (Wildman–Crippen MR) is 89.9 cm³/mol. The third kappa shape index (κ3) is 2.59. The van der Waals surface area contributed by atoms with E-state index in [4.69, 9.17) is 4.74 Å². The van der Waals surface area contributed by atoms with Gasteiger partial charge in [0.05, 0.1) is 12.0 Å². The number of benzene rings is 2. The molecule has 1 aromatic heterocycles. The molecule has 0 aliphatic heterocycles. The van der Waals surface area contributed by atoms with Crippen molar-refractivity contribution in [3.8, 4) is 0 Å². The van der Waals surface area contributed by atoms with Crippen molar-refractivity contribution in [3.05, 3.63) is 48.5 Å². The smallest absolute Gasteiger partial charge is 0.311 e. The van der Waals surface area contributed by atoms with Gasteiger partial charge in [-0.3, -0.25) is 4.79 Å². The summed E-state index contributed by atoms with van der Waals surface area (Å²) in [5.41, 5.74) is 1.90. The van der Waals surface area contributed by atoms with Crippen LogP contribution in [-0.2, 0) is 16.1 Å². The number of fused-ring (bicyclic) bond motifs is 3. The first kappa shape index (κ1) is 14.6. The maximum atomic E-state index is 11.9. The highest BCUT2D eigenvalue weighted by molar-refractivity contribution is 6.07. The molecule has 3 nitrogen and oxygen atoms in total. The normalized spacial score (nSPS) is 12.0. The Morgan fingerprint density at radius 2 is 1.45 bits per heavy atom. The number of aromatic nitrogens is 1. The van der Waals surface area contributed by atoms with Crippen LogP contribution in [0.5, 0.6) is 0 Å². The molecule has 114 valence electrons. The molecule has 0 radical (unpaired) electrons. The van der Waals surface area contributed by atoms with E-state index in [1.54, 1.807) is 0 Å². The molecule has 3 aromatic rings. The molecule has 0 N–H and O–H groups in total. The van der Waals surface area contributed by atoms with Gasteiger partial charge in [0.15, 0.2) is 0 Å². The molecule has 2 aromatic carbocycles. The summed E-state index contributed by atoms with van der Waals surface area (Å²) < 4.78 is 7.64. The second kappa shape index (κ2) is 5.48. The molecule has 1 heterocycles. The van der Waals surface area contributed by atoms with Gasteiger partial charge in [-0.1, -0.05) is 36.4 Å². The van der Waals surface area contributed by atoms with Gasteiger partial charge in [-0.2, -0.15) is 0 Å². The minimum absolute atomic E-state index is 0.159. The maximum absolute atomic E-state index is 11.9. The minimum Gasteiger partial charge on any atom is -0.463 e. The van der Waals surface area contributed by atoms with Gasteiger partial charge in [-0.25, -0.2) is 0 Å². The summed E-state index contributed by atoms with van der Waals surface area (Å²) in [6.45, 7) is 6.66. The highest BCUT2D eigenvalue weighted by atomic mass is 16.5. The van der Waals surface area contributed by atoms with Gasteiger partial charge in [-0.05, 0) is 32.9 Å². The van der Waals surface area contributed by atoms with Crippen LogP contribution in [0.25, 0.3) is 21.8 Å². The van der Waals surface area contributed by atoms with E-state index in [2.05, 4.69) is 41.0 Å². The van der Waals surface area contributed by atoms with Crippen LogP contribution in [0.3, 0.4) is 0 Å². The van der Waals surface area contributed by atoms with Crippen molar-refractivity contribution in [3.63, 3.8) is 0 Å². The first-order valence-corrected chi connectivity index (χ1v) is 7.62. The standard InChI is InChI=1S/C19H21NO2/c1-19(2,3)18(21)22-13-12-20-16-10-6-4-8-14(16)15-9-5-7-11-17(15)20/h4-11H,12-13H2,1-3H3. The number of ether oxygens (including phenoxy) is 1. The van der Waals surface area contributed by atoms with Gasteiger partial charge in [0, 0.05) is 21.8 Å². The van der Waals surface area contributed by atoms with Crippen molar-refractivity contribution >= 4 is 27.8 Å². The SMILES string of the molecule is CC(C)(C)C(=O)OCCn1c2ccccc2c2ccccc21. The van der Waals surface area contributed by atoms with Crippen molar-refractivity contribution in [2.75, 3.05) is 6.61 Å². The fourth-order valence-corrected chi connectivity index (χ4v) is 2.69. The number of nitrogens with zero attached hydrogens (tertiary/aromatic N) is 1. The molecule has 0 bridgehead atoms. The van der Waals surface area contributed by atoms with Crippen LogP contribution >= 0.6 is 0 Å². The second-order valence-electron chi connectivity index (χ2n) is 6.57. The average Bonchev–Trinajstić information content (AvgIpc) is 2.81. The molecule has 0 saturated carbocycles. The summed E-state index contributed by atoms with van der Waals surface area (Å²) in [4.78, 5) is 11.9. The largest absolute Gasteiger partial charge is 0.463 e. The number of carbonyl (C=O) groups is 1. The summed E-state index contributed by atoms with van der Waals surface area (Å²) in [5, 5.41) is 2.47. The number of carbonyl (C=O) groups excluding carboxylic acids is 1. The van der Waals surface area contributed by atoms with E-state index < -0.39 is 5.41 Å². The Hall–Kier alpha value is -2.29. The third-order valence-electron chi connectivity index (χ3n) is 3.84. The van der Waals surface area contributed by atoms with Crippen LogP contribution in [0.2, 0.25) is 0 Å². The van der Waals surface area contributed by atoms with Crippen LogP contribution < -0.4 is 0 Å². The molecular weight excluding hydrogens is 274 g/mol. The molecule has 0 aliphatic carbocycles. The number of hydrogen-bond acceptors (Lipinski definition) is 2. The zero-order valence-electron chi connectivity index (χ0n) is 13.3. The summed E-state index contributed by atoms with van der Waals surface area (Å²) in [6, 6.07) is 16.7. The van der Waals surface area contributed by atoms with Crippen molar-refractivity contribution in [1.82, 2.24) is 4.57 Å². The van der Waals surface area contributed by atoms with Crippen molar-refractivity contribution in [2.24, 2.45) is 5.41 Å². The quantitative estimate of drug-likeness (QED) is 0.671. The van der Waals surface area contributed by atoms with E-state index in [-0.39, 0.29) is 5.97 Å². The Morgan fingerprint density at radius 3 is 1.95 bits per heavy atom. The molecule has 0 amide bonds. The average molecular weight is 295 g/mol. The monoisotopic (exact) mass is 295 g/mol. The van der Waals surface area contributed by atoms with E-state index in [1.165, 1.54) is 21.8 Å². The van der Waals surface area contributed by atoms with Crippen molar-refractivity contribution in [1.29, 1.82) is 0 Å². The molecule has 0 saturated heterocycles. The lowest BCUT2D eigenvalue weighted by Crippen LogP contribution is -2.24. The molecule has 3 rings (SSSR count). The summed E-state index contributed by atoms with van der Waals surface area (Å²) in [6.07, 6.45) is 0. The lowest BCUT2D eigenvalue weighted by Gasteiger charge is -2.17. The molecule has 0 unspecified atom stereocenters. The Balaban J connectivity index is 1.91. The van der Waals surface area contributed by atoms with Gasteiger partial charge in [-0.15, -0.1) is 0 Å². The Labute approximate surface area is 130 Å². The van der Waals surface area contributed by atoms with E-state index >= 15 is 0 Å². The molecule has 0 atom stereocenters.